The summed E-state index contributed by atoms with van der Waals surface area (Å²) in [5, 5.41) is 3.42. The van der Waals surface area contributed by atoms with Crippen LogP contribution >= 0.6 is 0 Å². The molecule has 312 valence electrons. The van der Waals surface area contributed by atoms with Gasteiger partial charge in [0, 0.05) is 38.4 Å². The lowest BCUT2D eigenvalue weighted by Gasteiger charge is -2.31. The zero-order chi connectivity index (χ0) is 41.6. The maximum atomic E-state index is 15.2. The number of carbonyl (C=O) groups excluding carboxylic acids is 5. The lowest BCUT2D eigenvalue weighted by Crippen LogP contribution is -2.49. The first-order chi connectivity index (χ1) is 26.5. The van der Waals surface area contributed by atoms with Crippen molar-refractivity contribution in [2.75, 3.05) is 59.8 Å². The summed E-state index contributed by atoms with van der Waals surface area (Å²) in [6.07, 6.45) is 0.183. The Bertz CT molecular complexity index is 1510. The minimum absolute atomic E-state index is 0.0113. The summed E-state index contributed by atoms with van der Waals surface area (Å²) >= 11 is 0. The van der Waals surface area contributed by atoms with E-state index >= 15 is 4.39 Å². The Kier molecular flexibility index (Phi) is 21.0. The maximum absolute atomic E-state index is 15.2. The van der Waals surface area contributed by atoms with E-state index in [-0.39, 0.29) is 57.1 Å². The molecule has 0 heterocycles. The Morgan fingerprint density at radius 2 is 1.43 bits per heavy atom. The molecular weight excluding hydrogens is 733 g/mol. The number of rotatable bonds is 25. The Balaban J connectivity index is 2.02. The zero-order valence-electron chi connectivity index (χ0n) is 33.6. The first-order valence-electron chi connectivity index (χ1n) is 18.5. The SMILES string of the molecule is COC(=O)C[C@@H](C(=O)N(CCCOCCOCCOCCCNC(=O)OC(C)(C)C)Cc1cc(C(=O)OC(C)(C)C)ccc1F)N(C=O)OCc1ccccc1. The predicted molar refractivity (Wildman–Crippen MR) is 202 cm³/mol. The number of benzene rings is 2. The lowest BCUT2D eigenvalue weighted by atomic mass is 10.1. The Labute approximate surface area is 328 Å². The van der Waals surface area contributed by atoms with Gasteiger partial charge in [-0.2, -0.15) is 0 Å². The average molecular weight is 792 g/mol. The summed E-state index contributed by atoms with van der Waals surface area (Å²) in [5.41, 5.74) is -0.554. The molecule has 0 saturated carbocycles. The molecule has 2 aromatic carbocycles. The van der Waals surface area contributed by atoms with Crippen LogP contribution in [0.5, 0.6) is 0 Å². The lowest BCUT2D eigenvalue weighted by molar-refractivity contribution is -0.201. The molecule has 0 spiro atoms. The highest BCUT2D eigenvalue weighted by atomic mass is 19.1. The van der Waals surface area contributed by atoms with Crippen LogP contribution in [0.3, 0.4) is 0 Å². The highest BCUT2D eigenvalue weighted by Gasteiger charge is 2.34. The van der Waals surface area contributed by atoms with E-state index < -0.39 is 53.4 Å². The van der Waals surface area contributed by atoms with Crippen LogP contribution in [0.4, 0.5) is 9.18 Å². The van der Waals surface area contributed by atoms with Crippen LogP contribution in [0.15, 0.2) is 48.5 Å². The fourth-order valence-corrected chi connectivity index (χ4v) is 4.87. The van der Waals surface area contributed by atoms with E-state index in [4.69, 9.17) is 33.3 Å². The van der Waals surface area contributed by atoms with Gasteiger partial charge in [0.2, 0.25) is 12.3 Å². The third-order valence-corrected chi connectivity index (χ3v) is 7.45. The molecule has 1 N–H and O–H groups in total. The normalized spacial score (nSPS) is 12.0. The van der Waals surface area contributed by atoms with Crippen LogP contribution in [0.1, 0.15) is 82.3 Å². The van der Waals surface area contributed by atoms with Crippen LogP contribution in [-0.2, 0) is 60.8 Å². The summed E-state index contributed by atoms with van der Waals surface area (Å²) in [6, 6.07) is 11.2. The number of nitrogens with one attached hydrogen (secondary N) is 1. The standard InChI is InChI=1S/C40H58FN3O12/c1-39(2,3)55-37(48)31-15-16-33(41)32(25-31)27-43(36(47)34(26-35(46)50-7)44(29-45)54-28-30-13-9-8-10-14-30)18-12-20-52-22-24-53-23-21-51-19-11-17-42-38(49)56-40(4,5)6/h8-10,13-16,25,29,34H,11-12,17-24,26-28H2,1-7H3,(H,42,49)/t34-/m0/s1. The fourth-order valence-electron chi connectivity index (χ4n) is 4.87. The van der Waals surface area contributed by atoms with Crippen molar-refractivity contribution < 1.29 is 61.6 Å². The summed E-state index contributed by atoms with van der Waals surface area (Å²) < 4.78 is 47.4. The molecule has 1 atom stereocenters. The van der Waals surface area contributed by atoms with E-state index in [0.717, 1.165) is 18.2 Å². The molecule has 0 aliphatic carbocycles. The van der Waals surface area contributed by atoms with Gasteiger partial charge in [-0.15, -0.1) is 0 Å². The van der Waals surface area contributed by atoms with Gasteiger partial charge in [-0.3, -0.25) is 19.2 Å². The van der Waals surface area contributed by atoms with Crippen molar-refractivity contribution in [3.63, 3.8) is 0 Å². The molecule has 2 aromatic rings. The van der Waals surface area contributed by atoms with Crippen molar-refractivity contribution in [1.82, 2.24) is 15.3 Å². The van der Waals surface area contributed by atoms with Gasteiger partial charge in [0.1, 0.15) is 29.7 Å². The van der Waals surface area contributed by atoms with E-state index in [1.54, 1.807) is 65.8 Å². The van der Waals surface area contributed by atoms with E-state index in [9.17, 15) is 24.0 Å². The molecule has 0 aliphatic rings. The van der Waals surface area contributed by atoms with Crippen LogP contribution in [0.25, 0.3) is 0 Å². The quantitative estimate of drug-likeness (QED) is 0.0471. The molecule has 0 bridgehead atoms. The first-order valence-corrected chi connectivity index (χ1v) is 18.5. The summed E-state index contributed by atoms with van der Waals surface area (Å²) in [5.74, 6) is -2.85. The topological polar surface area (TPSA) is 168 Å². The van der Waals surface area contributed by atoms with E-state index in [0.29, 0.717) is 44.8 Å². The minimum atomic E-state index is -1.46. The minimum Gasteiger partial charge on any atom is -0.469 e. The largest absolute Gasteiger partial charge is 0.469 e. The molecule has 2 rings (SSSR count). The molecule has 3 amide bonds. The number of esters is 2. The summed E-state index contributed by atoms with van der Waals surface area (Å²) in [6.45, 7) is 12.4. The van der Waals surface area contributed by atoms with Gasteiger partial charge in [-0.1, -0.05) is 30.3 Å². The maximum Gasteiger partial charge on any atom is 0.407 e. The Hall–Kier alpha value is -4.64. The molecule has 0 radical (unpaired) electrons. The summed E-state index contributed by atoms with van der Waals surface area (Å²) in [4.78, 5) is 70.3. The van der Waals surface area contributed by atoms with Crippen LogP contribution < -0.4 is 5.32 Å². The molecule has 0 aromatic heterocycles. The highest BCUT2D eigenvalue weighted by molar-refractivity contribution is 5.90. The number of amides is 3. The van der Waals surface area contributed by atoms with Crippen molar-refractivity contribution in [2.24, 2.45) is 0 Å². The number of methoxy groups -OCH3 is 1. The molecule has 0 unspecified atom stereocenters. The molecule has 0 aliphatic heterocycles. The smallest absolute Gasteiger partial charge is 0.407 e. The zero-order valence-corrected chi connectivity index (χ0v) is 33.6. The first kappa shape index (κ1) is 47.5. The number of ether oxygens (including phenoxy) is 6. The molecular formula is C40H58FN3O12. The molecule has 0 saturated heterocycles. The highest BCUT2D eigenvalue weighted by Crippen LogP contribution is 2.20. The van der Waals surface area contributed by atoms with E-state index in [2.05, 4.69) is 5.32 Å². The number of hydrogen-bond acceptors (Lipinski definition) is 12. The van der Waals surface area contributed by atoms with Crippen molar-refractivity contribution >= 4 is 30.3 Å². The van der Waals surface area contributed by atoms with Crippen molar-refractivity contribution in [3.05, 3.63) is 71.0 Å². The molecule has 56 heavy (non-hydrogen) atoms. The number of nitrogens with zero attached hydrogens (tertiary/aromatic N) is 2. The second kappa shape index (κ2) is 24.8. The van der Waals surface area contributed by atoms with Gasteiger partial charge in [-0.05, 0) is 78.1 Å². The number of carbonyl (C=O) groups is 5. The van der Waals surface area contributed by atoms with Crippen LogP contribution in [0.2, 0.25) is 0 Å². The fraction of sp³-hybridized carbons (Fsp3) is 0.575. The Morgan fingerprint density at radius 3 is 2.02 bits per heavy atom. The number of hydrogen-bond donors (Lipinski definition) is 1. The third kappa shape index (κ3) is 19.8. The molecule has 0 fully saturated rings. The second-order valence-electron chi connectivity index (χ2n) is 14.6. The predicted octanol–water partition coefficient (Wildman–Crippen LogP) is 4.99. The van der Waals surface area contributed by atoms with E-state index in [1.807, 2.05) is 6.07 Å². The third-order valence-electron chi connectivity index (χ3n) is 7.45. The van der Waals surface area contributed by atoms with Gasteiger partial charge in [0.15, 0.2) is 0 Å². The summed E-state index contributed by atoms with van der Waals surface area (Å²) in [7, 11) is 1.15. The number of halogens is 1. The molecule has 15 nitrogen and oxygen atoms in total. The van der Waals surface area contributed by atoms with Crippen molar-refractivity contribution in [1.29, 1.82) is 0 Å². The van der Waals surface area contributed by atoms with E-state index in [1.165, 1.54) is 17.0 Å². The average Bonchev–Trinajstić information content (AvgIpc) is 3.13. The van der Waals surface area contributed by atoms with Gasteiger partial charge < -0.3 is 38.6 Å². The van der Waals surface area contributed by atoms with Crippen molar-refractivity contribution in [3.8, 4) is 0 Å². The van der Waals surface area contributed by atoms with Gasteiger partial charge in [0.05, 0.1) is 45.5 Å². The van der Waals surface area contributed by atoms with Crippen molar-refractivity contribution in [2.45, 2.75) is 91.2 Å². The van der Waals surface area contributed by atoms with Gasteiger partial charge >= 0.3 is 18.0 Å². The number of hydroxylamine groups is 2. The monoisotopic (exact) mass is 791 g/mol. The Morgan fingerprint density at radius 1 is 0.821 bits per heavy atom. The van der Waals surface area contributed by atoms with Gasteiger partial charge in [0.25, 0.3) is 0 Å². The number of alkyl carbamates (subject to hydrolysis) is 1. The van der Waals surface area contributed by atoms with Gasteiger partial charge in [-0.25, -0.2) is 19.0 Å². The van der Waals surface area contributed by atoms with Crippen LogP contribution in [-0.4, -0.2) is 117 Å². The molecule has 16 heteroatoms. The second-order valence-corrected chi connectivity index (χ2v) is 14.6. The van der Waals surface area contributed by atoms with Crippen LogP contribution in [0, 0.1) is 5.82 Å².